The first kappa shape index (κ1) is 20.1. The van der Waals surface area contributed by atoms with Crippen LogP contribution >= 0.6 is 0 Å². The largest absolute Gasteiger partial charge is 0.493 e. The molecular formula is C20H24N2O5. The molecule has 0 radical (unpaired) electrons. The highest BCUT2D eigenvalue weighted by Gasteiger charge is 2.12. The number of anilines is 1. The summed E-state index contributed by atoms with van der Waals surface area (Å²) in [6.45, 7) is 3.69. The molecule has 0 heterocycles. The molecule has 0 saturated carbocycles. The first-order valence-electron chi connectivity index (χ1n) is 8.31. The second-order valence-electron chi connectivity index (χ2n) is 5.83. The summed E-state index contributed by atoms with van der Waals surface area (Å²) in [7, 11) is 4.60. The third kappa shape index (κ3) is 5.37. The van der Waals surface area contributed by atoms with E-state index in [1.54, 1.807) is 12.1 Å². The number of hydrogen-bond donors (Lipinski definition) is 1. The lowest BCUT2D eigenvalue weighted by Gasteiger charge is -2.12. The number of hydrogen-bond acceptors (Lipinski definition) is 6. The SMILES string of the molecule is COc1cc(/C=N\OCC(=O)Nc2cc(C)ccc2C)cc(OC)c1OC. The van der Waals surface area contributed by atoms with E-state index in [1.807, 2.05) is 32.0 Å². The van der Waals surface area contributed by atoms with Gasteiger partial charge in [0.25, 0.3) is 5.91 Å². The molecule has 0 aromatic heterocycles. The van der Waals surface area contributed by atoms with Crippen molar-refractivity contribution in [2.24, 2.45) is 5.16 Å². The number of amides is 1. The number of nitrogens with zero attached hydrogens (tertiary/aromatic N) is 1. The Hall–Kier alpha value is -3.22. The van der Waals surface area contributed by atoms with Crippen molar-refractivity contribution in [1.29, 1.82) is 0 Å². The summed E-state index contributed by atoms with van der Waals surface area (Å²) >= 11 is 0. The molecule has 0 saturated heterocycles. The molecule has 0 unspecified atom stereocenters. The minimum Gasteiger partial charge on any atom is -0.493 e. The van der Waals surface area contributed by atoms with E-state index >= 15 is 0 Å². The van der Waals surface area contributed by atoms with Crippen LogP contribution < -0.4 is 19.5 Å². The maximum absolute atomic E-state index is 12.0. The fraction of sp³-hybridized carbons (Fsp3) is 0.300. The quantitative estimate of drug-likeness (QED) is 0.568. The van der Waals surface area contributed by atoms with Gasteiger partial charge < -0.3 is 24.4 Å². The van der Waals surface area contributed by atoms with Crippen molar-refractivity contribution in [2.75, 3.05) is 33.3 Å². The molecule has 0 aliphatic heterocycles. The van der Waals surface area contributed by atoms with E-state index in [0.717, 1.165) is 16.8 Å². The van der Waals surface area contributed by atoms with Crippen molar-refractivity contribution in [3.8, 4) is 17.2 Å². The van der Waals surface area contributed by atoms with Gasteiger partial charge in [-0.25, -0.2) is 0 Å². The Balaban J connectivity index is 1.97. The molecule has 2 aromatic carbocycles. The van der Waals surface area contributed by atoms with Gasteiger partial charge in [-0.3, -0.25) is 4.79 Å². The molecule has 0 spiro atoms. The van der Waals surface area contributed by atoms with Crippen LogP contribution in [-0.4, -0.2) is 40.1 Å². The lowest BCUT2D eigenvalue weighted by molar-refractivity contribution is -0.120. The summed E-state index contributed by atoms with van der Waals surface area (Å²) in [6, 6.07) is 9.30. The lowest BCUT2D eigenvalue weighted by atomic mass is 10.1. The lowest BCUT2D eigenvalue weighted by Crippen LogP contribution is -2.17. The molecule has 0 aliphatic carbocycles. The molecule has 7 nitrogen and oxygen atoms in total. The van der Waals surface area contributed by atoms with Crippen LogP contribution in [-0.2, 0) is 9.63 Å². The van der Waals surface area contributed by atoms with Gasteiger partial charge in [0, 0.05) is 11.3 Å². The minimum absolute atomic E-state index is 0.200. The Morgan fingerprint density at radius 2 is 1.70 bits per heavy atom. The predicted octanol–water partition coefficient (Wildman–Crippen LogP) is 3.32. The minimum atomic E-state index is -0.286. The van der Waals surface area contributed by atoms with Gasteiger partial charge in [-0.2, -0.15) is 0 Å². The molecule has 27 heavy (non-hydrogen) atoms. The van der Waals surface area contributed by atoms with Crippen LogP contribution in [0.5, 0.6) is 17.2 Å². The van der Waals surface area contributed by atoms with Crippen molar-refractivity contribution in [3.05, 3.63) is 47.0 Å². The van der Waals surface area contributed by atoms with Crippen molar-refractivity contribution in [3.63, 3.8) is 0 Å². The fourth-order valence-corrected chi connectivity index (χ4v) is 2.43. The van der Waals surface area contributed by atoms with Gasteiger partial charge in [-0.05, 0) is 43.2 Å². The average Bonchev–Trinajstić information content (AvgIpc) is 2.67. The number of carbonyl (C=O) groups excluding carboxylic acids is 1. The first-order valence-corrected chi connectivity index (χ1v) is 8.31. The second kappa shape index (κ2) is 9.47. The number of methoxy groups -OCH3 is 3. The zero-order valence-electron chi connectivity index (χ0n) is 16.2. The van der Waals surface area contributed by atoms with Crippen LogP contribution in [0.2, 0.25) is 0 Å². The summed E-state index contributed by atoms with van der Waals surface area (Å²) in [5, 5.41) is 6.64. The third-order valence-electron chi connectivity index (χ3n) is 3.83. The van der Waals surface area contributed by atoms with Crippen molar-refractivity contribution < 1.29 is 23.8 Å². The molecule has 1 N–H and O–H groups in total. The Kier molecular flexibility index (Phi) is 7.05. The van der Waals surface area contributed by atoms with Crippen molar-refractivity contribution in [2.45, 2.75) is 13.8 Å². The van der Waals surface area contributed by atoms with Gasteiger partial charge in [0.2, 0.25) is 5.75 Å². The van der Waals surface area contributed by atoms with Crippen LogP contribution in [0.25, 0.3) is 0 Å². The van der Waals surface area contributed by atoms with Crippen molar-refractivity contribution >= 4 is 17.8 Å². The van der Waals surface area contributed by atoms with E-state index in [1.165, 1.54) is 27.5 Å². The maximum Gasteiger partial charge on any atom is 0.265 e. The Bertz CT molecular complexity index is 808. The molecular weight excluding hydrogens is 348 g/mol. The zero-order valence-corrected chi connectivity index (χ0v) is 16.2. The van der Waals surface area contributed by atoms with Crippen LogP contribution in [0, 0.1) is 13.8 Å². The van der Waals surface area contributed by atoms with E-state index in [2.05, 4.69) is 10.5 Å². The van der Waals surface area contributed by atoms with Crippen molar-refractivity contribution in [1.82, 2.24) is 0 Å². The Labute approximate surface area is 158 Å². The molecule has 7 heteroatoms. The first-order chi connectivity index (χ1) is 13.0. The van der Waals surface area contributed by atoms with E-state index in [9.17, 15) is 4.79 Å². The van der Waals surface area contributed by atoms with Gasteiger partial charge in [0.05, 0.1) is 27.5 Å². The van der Waals surface area contributed by atoms with Crippen LogP contribution in [0.1, 0.15) is 16.7 Å². The molecule has 144 valence electrons. The van der Waals surface area contributed by atoms with Gasteiger partial charge >= 0.3 is 0 Å². The van der Waals surface area contributed by atoms with Gasteiger partial charge in [-0.15, -0.1) is 0 Å². The highest BCUT2D eigenvalue weighted by Crippen LogP contribution is 2.37. The van der Waals surface area contributed by atoms with E-state index < -0.39 is 0 Å². The molecule has 1 amide bonds. The molecule has 0 aliphatic rings. The topological polar surface area (TPSA) is 78.4 Å². The smallest absolute Gasteiger partial charge is 0.265 e. The van der Waals surface area contributed by atoms with E-state index in [4.69, 9.17) is 19.0 Å². The summed E-state index contributed by atoms with van der Waals surface area (Å²) in [5.74, 6) is 1.22. The normalized spacial score (nSPS) is 10.6. The number of nitrogens with one attached hydrogen (secondary N) is 1. The van der Waals surface area contributed by atoms with Gasteiger partial charge in [0.15, 0.2) is 18.1 Å². The number of carbonyl (C=O) groups is 1. The van der Waals surface area contributed by atoms with Gasteiger partial charge in [0.1, 0.15) is 0 Å². The van der Waals surface area contributed by atoms with Crippen LogP contribution in [0.4, 0.5) is 5.69 Å². The molecule has 0 bridgehead atoms. The Morgan fingerprint density at radius 3 is 2.30 bits per heavy atom. The standard InChI is InChI=1S/C20H24N2O5/c1-13-6-7-14(2)16(8-13)22-19(23)12-27-21-11-15-9-17(24-3)20(26-5)18(10-15)25-4/h6-11H,12H2,1-5H3,(H,22,23)/b21-11-. The number of ether oxygens (including phenoxy) is 3. The molecule has 0 fully saturated rings. The zero-order chi connectivity index (χ0) is 19.8. The average molecular weight is 372 g/mol. The van der Waals surface area contributed by atoms with Crippen LogP contribution in [0.15, 0.2) is 35.5 Å². The molecule has 2 aromatic rings. The summed E-state index contributed by atoms with van der Waals surface area (Å²) in [4.78, 5) is 17.1. The van der Waals surface area contributed by atoms with E-state index in [0.29, 0.717) is 22.8 Å². The highest BCUT2D eigenvalue weighted by atomic mass is 16.6. The Morgan fingerprint density at radius 1 is 1.04 bits per heavy atom. The number of oxime groups is 1. The van der Waals surface area contributed by atoms with Gasteiger partial charge in [-0.1, -0.05) is 17.3 Å². The monoisotopic (exact) mass is 372 g/mol. The van der Waals surface area contributed by atoms with E-state index in [-0.39, 0.29) is 12.5 Å². The molecule has 2 rings (SSSR count). The number of aryl methyl sites for hydroxylation is 2. The van der Waals surface area contributed by atoms with Crippen LogP contribution in [0.3, 0.4) is 0 Å². The fourth-order valence-electron chi connectivity index (χ4n) is 2.43. The predicted molar refractivity (Wildman–Crippen MR) is 104 cm³/mol. The summed E-state index contributed by atoms with van der Waals surface area (Å²) in [6.07, 6.45) is 1.47. The number of benzene rings is 2. The summed E-state index contributed by atoms with van der Waals surface area (Å²) in [5.41, 5.74) is 3.49. The maximum atomic E-state index is 12.0. The highest BCUT2D eigenvalue weighted by molar-refractivity contribution is 5.92. The third-order valence-corrected chi connectivity index (χ3v) is 3.83. The number of rotatable bonds is 8. The second-order valence-corrected chi connectivity index (χ2v) is 5.83. The molecule has 0 atom stereocenters. The summed E-state index contributed by atoms with van der Waals surface area (Å²) < 4.78 is 15.8.